The predicted molar refractivity (Wildman–Crippen MR) is 180 cm³/mol. The van der Waals surface area contributed by atoms with Crippen molar-refractivity contribution in [2.24, 2.45) is 4.99 Å². The fraction of sp³-hybridized carbons (Fsp3) is 0.219. The monoisotopic (exact) mass is 750 g/mol. The number of nitrogens with zero attached hydrogens (tertiary/aromatic N) is 2. The summed E-state index contributed by atoms with van der Waals surface area (Å²) < 4.78 is 25.0. The van der Waals surface area contributed by atoms with Crippen molar-refractivity contribution in [1.29, 1.82) is 0 Å². The molecule has 1 aliphatic rings. The smallest absolute Gasteiger partial charge is 0.337 e. The quantitative estimate of drug-likeness (QED) is 0.161. The fourth-order valence-corrected chi connectivity index (χ4v) is 7.15. The van der Waals surface area contributed by atoms with Crippen molar-refractivity contribution in [2.75, 3.05) is 20.3 Å². The number of benzene rings is 3. The molecule has 8 nitrogen and oxygen atoms in total. The van der Waals surface area contributed by atoms with Crippen LogP contribution in [0.1, 0.15) is 36.6 Å². The average molecular weight is 753 g/mol. The molecule has 1 atom stereocenters. The van der Waals surface area contributed by atoms with Crippen molar-refractivity contribution in [3.8, 4) is 17.2 Å². The second kappa shape index (κ2) is 14.4. The fourth-order valence-electron chi connectivity index (χ4n) is 4.73. The number of halogens is 4. The molecule has 2 heterocycles. The van der Waals surface area contributed by atoms with E-state index in [-0.39, 0.29) is 17.7 Å². The number of hydrogen-bond acceptors (Lipinski definition) is 8. The van der Waals surface area contributed by atoms with Crippen LogP contribution in [-0.4, -0.2) is 30.9 Å². The van der Waals surface area contributed by atoms with E-state index in [0.717, 1.165) is 5.56 Å². The van der Waals surface area contributed by atoms with Crippen LogP contribution < -0.4 is 29.1 Å². The molecule has 5 rings (SSSR count). The zero-order valence-corrected chi connectivity index (χ0v) is 28.9. The van der Waals surface area contributed by atoms with Crippen molar-refractivity contribution in [2.45, 2.75) is 26.5 Å². The summed E-state index contributed by atoms with van der Waals surface area (Å²) in [7, 11) is 1.29. The highest BCUT2D eigenvalue weighted by Gasteiger charge is 2.31. The minimum absolute atomic E-state index is 0.172. The highest BCUT2D eigenvalue weighted by Crippen LogP contribution is 2.37. The van der Waals surface area contributed by atoms with Gasteiger partial charge in [-0.15, -0.1) is 0 Å². The Morgan fingerprint density at radius 1 is 1.00 bits per heavy atom. The summed E-state index contributed by atoms with van der Waals surface area (Å²) in [6.07, 6.45) is 3.15. The number of esters is 1. The Labute approximate surface area is 286 Å². The first kappa shape index (κ1) is 33.1. The topological polar surface area (TPSA) is 88.4 Å². The van der Waals surface area contributed by atoms with Crippen molar-refractivity contribution in [3.63, 3.8) is 0 Å². The summed E-state index contributed by atoms with van der Waals surface area (Å²) in [6.45, 7) is 4.77. The van der Waals surface area contributed by atoms with E-state index in [4.69, 9.17) is 53.8 Å². The molecule has 0 fully saturated rings. The SMILES string of the molecule is CCOc1ccc([C@H]2C(C(=O)OC)=CN=c3s/c(=C\c4cc(Cl)c(OCc5ccc(Cl)cc5Cl)c(Br)c4)c(=O)n32)cc1OCC. The maximum absolute atomic E-state index is 13.9. The molecular weight excluding hydrogens is 727 g/mol. The second-order valence-corrected chi connectivity index (χ2v) is 12.7. The number of aromatic nitrogens is 1. The zero-order chi connectivity index (χ0) is 32.2. The normalized spacial score (nSPS) is 14.3. The maximum atomic E-state index is 13.9. The summed E-state index contributed by atoms with van der Waals surface area (Å²) >= 11 is 23.6. The van der Waals surface area contributed by atoms with Gasteiger partial charge in [0, 0.05) is 21.8 Å². The third kappa shape index (κ3) is 7.10. The minimum Gasteiger partial charge on any atom is -0.490 e. The summed E-state index contributed by atoms with van der Waals surface area (Å²) in [5.41, 5.74) is 1.90. The van der Waals surface area contributed by atoms with Gasteiger partial charge in [-0.25, -0.2) is 9.79 Å². The van der Waals surface area contributed by atoms with Crippen LogP contribution in [0.4, 0.5) is 0 Å². The molecule has 0 N–H and O–H groups in total. The Balaban J connectivity index is 1.54. The van der Waals surface area contributed by atoms with Crippen molar-refractivity contribution in [1.82, 2.24) is 4.57 Å². The molecule has 13 heteroatoms. The number of carbonyl (C=O) groups is 1. The predicted octanol–water partition coefficient (Wildman–Crippen LogP) is 7.12. The van der Waals surface area contributed by atoms with Crippen molar-refractivity contribution in [3.05, 3.63) is 116 Å². The minimum atomic E-state index is -0.809. The molecule has 0 spiro atoms. The molecular formula is C32H26BrCl3N2O6S. The van der Waals surface area contributed by atoms with Crippen LogP contribution >= 0.6 is 62.1 Å². The molecule has 0 amide bonds. The van der Waals surface area contributed by atoms with Gasteiger partial charge in [-0.05, 0) is 83.4 Å². The molecule has 234 valence electrons. The summed E-state index contributed by atoms with van der Waals surface area (Å²) in [5.74, 6) is 0.881. The van der Waals surface area contributed by atoms with E-state index in [1.807, 2.05) is 13.8 Å². The Morgan fingerprint density at radius 2 is 1.76 bits per heavy atom. The molecule has 0 bridgehead atoms. The van der Waals surface area contributed by atoms with Crippen LogP contribution in [0.3, 0.4) is 0 Å². The van der Waals surface area contributed by atoms with Crippen molar-refractivity contribution < 1.29 is 23.7 Å². The van der Waals surface area contributed by atoms with E-state index >= 15 is 0 Å². The van der Waals surface area contributed by atoms with Gasteiger partial charge < -0.3 is 18.9 Å². The van der Waals surface area contributed by atoms with Gasteiger partial charge in [0.25, 0.3) is 5.56 Å². The summed E-state index contributed by atoms with van der Waals surface area (Å²) in [5, 5.41) is 1.34. The third-order valence-electron chi connectivity index (χ3n) is 6.71. The lowest BCUT2D eigenvalue weighted by Gasteiger charge is -2.23. The van der Waals surface area contributed by atoms with E-state index in [9.17, 15) is 9.59 Å². The molecule has 1 aromatic heterocycles. The van der Waals surface area contributed by atoms with Crippen molar-refractivity contribution >= 4 is 74.1 Å². The Bertz CT molecular complexity index is 1970. The molecule has 3 aromatic carbocycles. The molecule has 0 saturated heterocycles. The number of thiazole rings is 1. The van der Waals surface area contributed by atoms with Gasteiger partial charge >= 0.3 is 5.97 Å². The highest BCUT2D eigenvalue weighted by molar-refractivity contribution is 9.10. The first-order valence-corrected chi connectivity index (χ1v) is 16.4. The molecule has 0 radical (unpaired) electrons. The number of fused-ring (bicyclic) bond motifs is 1. The van der Waals surface area contributed by atoms with Crippen LogP contribution in [0.25, 0.3) is 6.08 Å². The summed E-state index contributed by atoms with van der Waals surface area (Å²) in [4.78, 5) is 31.7. The van der Waals surface area contributed by atoms with Gasteiger partial charge in [0.15, 0.2) is 22.0 Å². The van der Waals surface area contributed by atoms with Gasteiger partial charge in [0.2, 0.25) is 0 Å². The number of rotatable bonds is 10. The molecule has 0 aliphatic carbocycles. The lowest BCUT2D eigenvalue weighted by Crippen LogP contribution is -2.39. The van der Waals surface area contributed by atoms with E-state index in [1.165, 1.54) is 29.2 Å². The lowest BCUT2D eigenvalue weighted by atomic mass is 9.97. The molecule has 1 aliphatic heterocycles. The van der Waals surface area contributed by atoms with Gasteiger partial charge in [0.05, 0.1) is 46.0 Å². The highest BCUT2D eigenvalue weighted by atomic mass is 79.9. The van der Waals surface area contributed by atoms with Gasteiger partial charge in [-0.3, -0.25) is 9.36 Å². The number of carbonyl (C=O) groups excluding carboxylic acids is 1. The summed E-state index contributed by atoms with van der Waals surface area (Å²) in [6, 6.07) is 13.2. The van der Waals surface area contributed by atoms with Crippen LogP contribution in [-0.2, 0) is 16.1 Å². The Kier molecular flexibility index (Phi) is 10.6. The molecule has 0 saturated carbocycles. The van der Waals surface area contributed by atoms with Crippen LogP contribution in [0, 0.1) is 0 Å². The first-order valence-electron chi connectivity index (χ1n) is 13.7. The van der Waals surface area contributed by atoms with Gasteiger partial charge in [-0.2, -0.15) is 0 Å². The molecule has 45 heavy (non-hydrogen) atoms. The Hall–Kier alpha value is -3.28. The van der Waals surface area contributed by atoms with Crippen LogP contribution in [0.5, 0.6) is 17.2 Å². The van der Waals surface area contributed by atoms with Gasteiger partial charge in [0.1, 0.15) is 6.61 Å². The largest absolute Gasteiger partial charge is 0.490 e. The molecule has 0 unspecified atom stereocenters. The van der Waals surface area contributed by atoms with Gasteiger partial charge in [-0.1, -0.05) is 58.3 Å². The van der Waals surface area contributed by atoms with E-state index < -0.39 is 12.0 Å². The van der Waals surface area contributed by atoms with E-state index in [1.54, 1.807) is 54.6 Å². The third-order valence-corrected chi connectivity index (χ3v) is 9.17. The van der Waals surface area contributed by atoms with Crippen LogP contribution in [0.15, 0.2) is 74.6 Å². The number of ether oxygens (including phenoxy) is 4. The average Bonchev–Trinajstić information content (AvgIpc) is 3.32. The first-order chi connectivity index (χ1) is 21.6. The number of methoxy groups -OCH3 is 1. The molecule has 4 aromatic rings. The zero-order valence-electron chi connectivity index (χ0n) is 24.2. The van der Waals surface area contributed by atoms with E-state index in [0.29, 0.717) is 70.5 Å². The second-order valence-electron chi connectivity index (χ2n) is 9.59. The maximum Gasteiger partial charge on any atom is 0.337 e. The van der Waals surface area contributed by atoms with Crippen LogP contribution in [0.2, 0.25) is 15.1 Å². The standard InChI is InChI=1S/C32H26BrCl3N2O6S/c1-4-42-25-9-7-18(13-26(25)43-5-2)28-21(31(40)41-3)15-37-32-38(28)30(39)27(45-32)12-17-10-22(33)29(24(36)11-17)44-16-19-6-8-20(34)14-23(19)35/h6-15,28H,4-5,16H2,1-3H3/b27-12-/t28-/m0/s1. The lowest BCUT2D eigenvalue weighted by molar-refractivity contribution is -0.136. The Morgan fingerprint density at radius 3 is 2.44 bits per heavy atom. The number of hydrogen-bond donors (Lipinski definition) is 0. The van der Waals surface area contributed by atoms with E-state index in [2.05, 4.69) is 20.9 Å².